The van der Waals surface area contributed by atoms with Crippen LogP contribution in [-0.2, 0) is 4.79 Å². The maximum absolute atomic E-state index is 10.7. The van der Waals surface area contributed by atoms with Gasteiger partial charge in [0.1, 0.15) is 0 Å². The lowest BCUT2D eigenvalue weighted by Crippen LogP contribution is -1.98. The second-order valence-corrected chi connectivity index (χ2v) is 3.80. The highest BCUT2D eigenvalue weighted by atomic mass is 79.9. The molecule has 0 aliphatic heterocycles. The van der Waals surface area contributed by atoms with Crippen LogP contribution >= 0.6 is 15.9 Å². The molecule has 0 saturated carbocycles. The third-order valence-corrected chi connectivity index (χ3v) is 2.34. The number of carbonyl (C=O) groups is 1. The Labute approximate surface area is 91.4 Å². The Hall–Kier alpha value is -1.09. The third-order valence-electron chi connectivity index (χ3n) is 1.85. The van der Waals surface area contributed by atoms with Crippen molar-refractivity contribution in [1.29, 1.82) is 0 Å². The summed E-state index contributed by atoms with van der Waals surface area (Å²) in [6, 6.07) is 7.55. The molecular weight excluding hydrogens is 244 g/mol. The lowest BCUT2D eigenvalue weighted by Gasteiger charge is -1.98. The van der Waals surface area contributed by atoms with Gasteiger partial charge in [0.2, 0.25) is 0 Å². The summed E-state index contributed by atoms with van der Waals surface area (Å²) in [7, 11) is 0. The van der Waals surface area contributed by atoms with Crippen molar-refractivity contribution in [2.75, 3.05) is 0 Å². The second-order valence-electron chi connectivity index (χ2n) is 2.88. The molecule has 0 saturated heterocycles. The van der Waals surface area contributed by atoms with Crippen LogP contribution < -0.4 is 0 Å². The summed E-state index contributed by atoms with van der Waals surface area (Å²) in [5.74, 6) is -0.854. The molecule has 0 spiro atoms. The number of hydrogen-bond acceptors (Lipinski definition) is 1. The molecule has 3 heteroatoms. The van der Waals surface area contributed by atoms with E-state index in [0.717, 1.165) is 10.0 Å². The number of benzene rings is 1. The molecule has 1 aromatic rings. The number of halogens is 1. The summed E-state index contributed by atoms with van der Waals surface area (Å²) in [4.78, 5) is 10.7. The second kappa shape index (κ2) is 4.96. The van der Waals surface area contributed by atoms with Crippen LogP contribution in [0.5, 0.6) is 0 Å². The fourth-order valence-electron chi connectivity index (χ4n) is 1.11. The molecule has 0 aromatic heterocycles. The van der Waals surface area contributed by atoms with Gasteiger partial charge in [0, 0.05) is 10.0 Å². The first kappa shape index (κ1) is 11.0. The van der Waals surface area contributed by atoms with Crippen molar-refractivity contribution in [3.8, 4) is 0 Å². The average Bonchev–Trinajstić information content (AvgIpc) is 2.14. The average molecular weight is 255 g/mol. The van der Waals surface area contributed by atoms with Crippen LogP contribution in [0.25, 0.3) is 6.08 Å². The molecule has 2 nitrogen and oxygen atoms in total. The van der Waals surface area contributed by atoms with Gasteiger partial charge in [-0.05, 0) is 30.2 Å². The first-order valence-corrected chi connectivity index (χ1v) is 5.12. The first-order valence-electron chi connectivity index (χ1n) is 4.33. The molecule has 0 atom stereocenters. The Bertz CT molecular complexity index is 369. The van der Waals surface area contributed by atoms with Crippen molar-refractivity contribution >= 4 is 28.0 Å². The minimum Gasteiger partial charge on any atom is -0.478 e. The summed E-state index contributed by atoms with van der Waals surface area (Å²) in [5, 5.41) is 8.82. The van der Waals surface area contributed by atoms with Crippen molar-refractivity contribution in [2.45, 2.75) is 13.3 Å². The molecule has 14 heavy (non-hydrogen) atoms. The molecule has 0 unspecified atom stereocenters. The van der Waals surface area contributed by atoms with E-state index in [1.165, 1.54) is 0 Å². The summed E-state index contributed by atoms with van der Waals surface area (Å²) in [6.45, 7) is 1.83. The maximum atomic E-state index is 10.7. The largest absolute Gasteiger partial charge is 0.478 e. The number of aliphatic carboxylic acids is 1. The Morgan fingerprint density at radius 3 is 2.79 bits per heavy atom. The number of carboxylic acids is 1. The van der Waals surface area contributed by atoms with Crippen molar-refractivity contribution in [2.24, 2.45) is 0 Å². The highest BCUT2D eigenvalue weighted by molar-refractivity contribution is 9.10. The van der Waals surface area contributed by atoms with E-state index in [0.29, 0.717) is 12.0 Å². The predicted octanol–water partition coefficient (Wildman–Crippen LogP) is 3.33. The smallest absolute Gasteiger partial charge is 0.331 e. The van der Waals surface area contributed by atoms with Crippen molar-refractivity contribution < 1.29 is 9.90 Å². The lowest BCUT2D eigenvalue weighted by atomic mass is 10.1. The molecule has 1 aromatic carbocycles. The van der Waals surface area contributed by atoms with E-state index in [4.69, 9.17) is 5.11 Å². The quantitative estimate of drug-likeness (QED) is 0.841. The zero-order chi connectivity index (χ0) is 10.6. The number of rotatable bonds is 3. The van der Waals surface area contributed by atoms with Crippen LogP contribution in [0.15, 0.2) is 34.3 Å². The summed E-state index contributed by atoms with van der Waals surface area (Å²) in [5.41, 5.74) is 1.32. The van der Waals surface area contributed by atoms with E-state index in [1.54, 1.807) is 6.08 Å². The highest BCUT2D eigenvalue weighted by Gasteiger charge is 2.03. The van der Waals surface area contributed by atoms with Crippen LogP contribution in [0.3, 0.4) is 0 Å². The van der Waals surface area contributed by atoms with Gasteiger partial charge >= 0.3 is 5.97 Å². The Morgan fingerprint density at radius 1 is 1.57 bits per heavy atom. The highest BCUT2D eigenvalue weighted by Crippen LogP contribution is 2.15. The minimum atomic E-state index is -0.854. The predicted molar refractivity (Wildman–Crippen MR) is 60.0 cm³/mol. The van der Waals surface area contributed by atoms with Gasteiger partial charge in [0.15, 0.2) is 0 Å². The van der Waals surface area contributed by atoms with Gasteiger partial charge < -0.3 is 5.11 Å². The zero-order valence-electron chi connectivity index (χ0n) is 7.83. The van der Waals surface area contributed by atoms with E-state index in [1.807, 2.05) is 31.2 Å². The fraction of sp³-hybridized carbons (Fsp3) is 0.182. The van der Waals surface area contributed by atoms with Crippen LogP contribution in [0.2, 0.25) is 0 Å². The van der Waals surface area contributed by atoms with Crippen molar-refractivity contribution in [3.05, 3.63) is 39.9 Å². The number of carboxylic acid groups (broad SMARTS) is 1. The van der Waals surface area contributed by atoms with Gasteiger partial charge in [0.05, 0.1) is 0 Å². The van der Waals surface area contributed by atoms with E-state index in [2.05, 4.69) is 15.9 Å². The van der Waals surface area contributed by atoms with Crippen molar-refractivity contribution in [3.63, 3.8) is 0 Å². The van der Waals surface area contributed by atoms with E-state index in [-0.39, 0.29) is 0 Å². The van der Waals surface area contributed by atoms with E-state index in [9.17, 15) is 4.79 Å². The maximum Gasteiger partial charge on any atom is 0.331 e. The molecular formula is C11H11BrO2. The molecule has 0 aliphatic rings. The molecule has 0 radical (unpaired) electrons. The topological polar surface area (TPSA) is 37.3 Å². The van der Waals surface area contributed by atoms with Crippen molar-refractivity contribution in [1.82, 2.24) is 0 Å². The van der Waals surface area contributed by atoms with E-state index < -0.39 is 5.97 Å². The summed E-state index contributed by atoms with van der Waals surface area (Å²) in [6.07, 6.45) is 2.22. The van der Waals surface area contributed by atoms with Crippen LogP contribution in [0.4, 0.5) is 0 Å². The molecule has 0 aliphatic carbocycles. The molecule has 74 valence electrons. The molecule has 1 N–H and O–H groups in total. The summed E-state index contributed by atoms with van der Waals surface area (Å²) >= 11 is 3.33. The fourth-order valence-corrected chi connectivity index (χ4v) is 1.53. The molecule has 0 heterocycles. The Balaban J connectivity index is 3.00. The van der Waals surface area contributed by atoms with Gasteiger partial charge in [-0.3, -0.25) is 0 Å². The minimum absolute atomic E-state index is 0.420. The first-order chi connectivity index (χ1) is 6.63. The van der Waals surface area contributed by atoms with Gasteiger partial charge in [0.25, 0.3) is 0 Å². The zero-order valence-corrected chi connectivity index (χ0v) is 9.41. The van der Waals surface area contributed by atoms with Crippen LogP contribution in [0.1, 0.15) is 18.9 Å². The Morgan fingerprint density at radius 2 is 2.29 bits per heavy atom. The van der Waals surface area contributed by atoms with Gasteiger partial charge in [-0.2, -0.15) is 0 Å². The number of hydrogen-bond donors (Lipinski definition) is 1. The molecule has 1 rings (SSSR count). The standard InChI is InChI=1S/C11H11BrO2/c1-2-9(11(13)14)6-8-4-3-5-10(12)7-8/h3-7H,2H2,1H3,(H,13,14)/b9-6+. The monoisotopic (exact) mass is 254 g/mol. The van der Waals surface area contributed by atoms with Gasteiger partial charge in [-0.25, -0.2) is 4.79 Å². The normalized spacial score (nSPS) is 11.4. The SMILES string of the molecule is CC/C(=C\c1cccc(Br)c1)C(=O)O. The molecule has 0 bridgehead atoms. The summed E-state index contributed by atoms with van der Waals surface area (Å²) < 4.78 is 0.951. The Kier molecular flexibility index (Phi) is 3.89. The third kappa shape index (κ3) is 3.00. The lowest BCUT2D eigenvalue weighted by molar-refractivity contribution is -0.132. The van der Waals surface area contributed by atoms with Gasteiger partial charge in [-0.15, -0.1) is 0 Å². The molecule has 0 amide bonds. The molecule has 0 fully saturated rings. The van der Waals surface area contributed by atoms with Crippen LogP contribution in [-0.4, -0.2) is 11.1 Å². The van der Waals surface area contributed by atoms with Crippen LogP contribution in [0, 0.1) is 0 Å². The van der Waals surface area contributed by atoms with E-state index >= 15 is 0 Å². The van der Waals surface area contributed by atoms with Gasteiger partial charge in [-0.1, -0.05) is 35.0 Å².